The van der Waals surface area contributed by atoms with Gasteiger partial charge in [-0.05, 0) is 42.8 Å². The van der Waals surface area contributed by atoms with Gasteiger partial charge in [-0.25, -0.2) is 0 Å². The number of aromatic nitrogens is 4. The first kappa shape index (κ1) is 17.0. The summed E-state index contributed by atoms with van der Waals surface area (Å²) in [4.78, 5) is 12.4. The number of rotatable bonds is 6. The second-order valence-corrected chi connectivity index (χ2v) is 6.63. The third kappa shape index (κ3) is 4.06. The van der Waals surface area contributed by atoms with Crippen molar-refractivity contribution in [2.24, 2.45) is 0 Å². The number of nitrogens with one attached hydrogen (secondary N) is 1. The number of nitrogens with zero attached hydrogens (tertiary/aromatic N) is 4. The number of aryl methyl sites for hydroxylation is 2. The van der Waals surface area contributed by atoms with Crippen molar-refractivity contribution in [3.63, 3.8) is 0 Å². The summed E-state index contributed by atoms with van der Waals surface area (Å²) < 4.78 is 3.73. The number of benzene rings is 2. The fraction of sp³-hybridized carbons (Fsp3) is 0.190. The van der Waals surface area contributed by atoms with Gasteiger partial charge in [-0.2, -0.15) is 10.2 Å². The fourth-order valence-electron chi connectivity index (χ4n) is 3.14. The molecule has 2 aromatic carbocycles. The molecule has 0 aliphatic rings. The van der Waals surface area contributed by atoms with Gasteiger partial charge in [0.05, 0.1) is 24.8 Å². The van der Waals surface area contributed by atoms with Crippen LogP contribution in [0, 0.1) is 6.92 Å². The van der Waals surface area contributed by atoms with Crippen molar-refractivity contribution in [3.05, 3.63) is 78.2 Å². The van der Waals surface area contributed by atoms with E-state index in [1.165, 1.54) is 5.56 Å². The lowest BCUT2D eigenvalue weighted by molar-refractivity contribution is -0.116. The SMILES string of the molecule is Cc1ccc2c(cnn2CCC(=O)Nc2cccc(Cn3cccn3)c2)c1. The van der Waals surface area contributed by atoms with Gasteiger partial charge in [0.2, 0.25) is 5.91 Å². The lowest BCUT2D eigenvalue weighted by Gasteiger charge is -2.08. The zero-order valence-electron chi connectivity index (χ0n) is 15.2. The van der Waals surface area contributed by atoms with E-state index in [1.807, 2.05) is 58.2 Å². The minimum absolute atomic E-state index is 0.0259. The predicted octanol–water partition coefficient (Wildman–Crippen LogP) is 3.62. The lowest BCUT2D eigenvalue weighted by Crippen LogP contribution is -2.15. The quantitative estimate of drug-likeness (QED) is 0.572. The first-order chi connectivity index (χ1) is 13.2. The molecule has 0 unspecified atom stereocenters. The van der Waals surface area contributed by atoms with E-state index in [9.17, 15) is 4.79 Å². The third-order valence-corrected chi connectivity index (χ3v) is 4.46. The van der Waals surface area contributed by atoms with Crippen molar-refractivity contribution in [1.82, 2.24) is 19.6 Å². The first-order valence-electron chi connectivity index (χ1n) is 8.96. The van der Waals surface area contributed by atoms with Gasteiger partial charge in [-0.15, -0.1) is 0 Å². The summed E-state index contributed by atoms with van der Waals surface area (Å²) in [6.45, 7) is 3.28. The molecule has 27 heavy (non-hydrogen) atoms. The van der Waals surface area contributed by atoms with E-state index in [0.717, 1.165) is 22.2 Å². The van der Waals surface area contributed by atoms with Crippen LogP contribution in [0.25, 0.3) is 10.9 Å². The smallest absolute Gasteiger partial charge is 0.226 e. The Morgan fingerprint density at radius 2 is 2.04 bits per heavy atom. The Balaban J connectivity index is 1.37. The zero-order valence-corrected chi connectivity index (χ0v) is 15.2. The molecule has 0 aliphatic carbocycles. The third-order valence-electron chi connectivity index (χ3n) is 4.46. The highest BCUT2D eigenvalue weighted by atomic mass is 16.1. The summed E-state index contributed by atoms with van der Waals surface area (Å²) in [6.07, 6.45) is 5.89. The van der Waals surface area contributed by atoms with Crippen LogP contribution < -0.4 is 5.32 Å². The maximum absolute atomic E-state index is 12.4. The Hall–Kier alpha value is -3.41. The van der Waals surface area contributed by atoms with E-state index in [1.54, 1.807) is 6.20 Å². The molecule has 0 bridgehead atoms. The van der Waals surface area contributed by atoms with Crippen LogP contribution in [0.4, 0.5) is 5.69 Å². The monoisotopic (exact) mass is 359 g/mol. The Bertz CT molecular complexity index is 1070. The number of hydrogen-bond donors (Lipinski definition) is 1. The van der Waals surface area contributed by atoms with E-state index >= 15 is 0 Å². The minimum atomic E-state index is -0.0259. The summed E-state index contributed by atoms with van der Waals surface area (Å²) in [5, 5.41) is 12.7. The van der Waals surface area contributed by atoms with Gasteiger partial charge in [0.1, 0.15) is 0 Å². The number of carbonyl (C=O) groups is 1. The molecule has 2 aromatic heterocycles. The molecule has 0 saturated carbocycles. The lowest BCUT2D eigenvalue weighted by atomic mass is 10.2. The van der Waals surface area contributed by atoms with E-state index < -0.39 is 0 Å². The molecule has 0 saturated heterocycles. The average molecular weight is 359 g/mol. The maximum atomic E-state index is 12.4. The van der Waals surface area contributed by atoms with Gasteiger partial charge in [0, 0.05) is 29.9 Å². The average Bonchev–Trinajstić information content (AvgIpc) is 3.29. The maximum Gasteiger partial charge on any atom is 0.226 e. The summed E-state index contributed by atoms with van der Waals surface area (Å²) >= 11 is 0. The van der Waals surface area contributed by atoms with Crippen molar-refractivity contribution < 1.29 is 4.79 Å². The highest BCUT2D eigenvalue weighted by molar-refractivity contribution is 5.90. The van der Waals surface area contributed by atoms with Crippen LogP contribution in [-0.2, 0) is 17.9 Å². The molecule has 0 spiro atoms. The molecule has 136 valence electrons. The highest BCUT2D eigenvalue weighted by Crippen LogP contribution is 2.16. The molecule has 4 rings (SSSR count). The number of fused-ring (bicyclic) bond motifs is 1. The summed E-state index contributed by atoms with van der Waals surface area (Å²) in [7, 11) is 0. The van der Waals surface area contributed by atoms with Crippen LogP contribution >= 0.6 is 0 Å². The zero-order chi connectivity index (χ0) is 18.6. The topological polar surface area (TPSA) is 64.7 Å². The molecule has 6 nitrogen and oxygen atoms in total. The van der Waals surface area contributed by atoms with Crippen LogP contribution in [-0.4, -0.2) is 25.5 Å². The minimum Gasteiger partial charge on any atom is -0.326 e. The first-order valence-corrected chi connectivity index (χ1v) is 8.96. The van der Waals surface area contributed by atoms with Crippen LogP contribution in [0.1, 0.15) is 17.5 Å². The van der Waals surface area contributed by atoms with Gasteiger partial charge >= 0.3 is 0 Å². The van der Waals surface area contributed by atoms with Crippen molar-refractivity contribution in [1.29, 1.82) is 0 Å². The van der Waals surface area contributed by atoms with E-state index in [0.29, 0.717) is 19.5 Å². The molecule has 0 radical (unpaired) electrons. The van der Waals surface area contributed by atoms with Crippen LogP contribution in [0.5, 0.6) is 0 Å². The largest absolute Gasteiger partial charge is 0.326 e. The number of anilines is 1. The van der Waals surface area contributed by atoms with E-state index in [2.05, 4.69) is 34.6 Å². The van der Waals surface area contributed by atoms with Crippen molar-refractivity contribution in [2.45, 2.75) is 26.4 Å². The molecule has 0 aliphatic heterocycles. The molecule has 1 N–H and O–H groups in total. The van der Waals surface area contributed by atoms with Crippen molar-refractivity contribution in [2.75, 3.05) is 5.32 Å². The molecule has 0 atom stereocenters. The Kier molecular flexibility index (Phi) is 4.70. The van der Waals surface area contributed by atoms with Gasteiger partial charge in [0.15, 0.2) is 0 Å². The van der Waals surface area contributed by atoms with Crippen LogP contribution in [0.3, 0.4) is 0 Å². The van der Waals surface area contributed by atoms with Gasteiger partial charge in [-0.1, -0.05) is 23.8 Å². The van der Waals surface area contributed by atoms with Gasteiger partial charge < -0.3 is 5.32 Å². The second kappa shape index (κ2) is 7.45. The molecular weight excluding hydrogens is 338 g/mol. The molecule has 4 aromatic rings. The molecular formula is C21H21N5O. The van der Waals surface area contributed by atoms with Crippen LogP contribution in [0.2, 0.25) is 0 Å². The summed E-state index contributed by atoms with van der Waals surface area (Å²) in [5.74, 6) is -0.0259. The normalized spacial score (nSPS) is 11.0. The van der Waals surface area contributed by atoms with Crippen molar-refractivity contribution >= 4 is 22.5 Å². The molecule has 2 heterocycles. The number of amides is 1. The Morgan fingerprint density at radius 1 is 1.11 bits per heavy atom. The molecule has 0 fully saturated rings. The van der Waals surface area contributed by atoms with Gasteiger partial charge in [-0.3, -0.25) is 14.2 Å². The van der Waals surface area contributed by atoms with Gasteiger partial charge in [0.25, 0.3) is 0 Å². The van der Waals surface area contributed by atoms with Crippen LogP contribution in [0.15, 0.2) is 67.1 Å². The fourth-order valence-corrected chi connectivity index (χ4v) is 3.14. The highest BCUT2D eigenvalue weighted by Gasteiger charge is 2.07. The van der Waals surface area contributed by atoms with Crippen molar-refractivity contribution in [3.8, 4) is 0 Å². The number of carbonyl (C=O) groups excluding carboxylic acids is 1. The number of hydrogen-bond acceptors (Lipinski definition) is 3. The summed E-state index contributed by atoms with van der Waals surface area (Å²) in [5.41, 5.74) is 4.14. The molecule has 6 heteroatoms. The summed E-state index contributed by atoms with van der Waals surface area (Å²) in [6, 6.07) is 15.9. The van der Waals surface area contributed by atoms with E-state index in [-0.39, 0.29) is 5.91 Å². The predicted molar refractivity (Wildman–Crippen MR) is 105 cm³/mol. The Labute approximate surface area is 157 Å². The molecule has 1 amide bonds. The standard InChI is InChI=1S/C21H21N5O/c1-16-6-7-20-18(12-16)14-23-26(20)11-8-21(27)24-19-5-2-4-17(13-19)15-25-10-3-9-22-25/h2-7,9-10,12-14H,8,11,15H2,1H3,(H,24,27). The second-order valence-electron chi connectivity index (χ2n) is 6.63. The Morgan fingerprint density at radius 3 is 2.89 bits per heavy atom. The van der Waals surface area contributed by atoms with E-state index in [4.69, 9.17) is 0 Å².